The molecule has 1 N–H and O–H groups in total. The summed E-state index contributed by atoms with van der Waals surface area (Å²) in [5, 5.41) is 0. The van der Waals surface area contributed by atoms with E-state index in [4.69, 9.17) is 9.57 Å². The molecule has 4 heteroatoms. The highest BCUT2D eigenvalue weighted by Gasteiger charge is 2.01. The summed E-state index contributed by atoms with van der Waals surface area (Å²) < 4.78 is 5.55. The molecule has 20 heavy (non-hydrogen) atoms. The normalized spacial score (nSPS) is 10.9. The molecule has 0 aliphatic carbocycles. The molecular weight excluding hydrogens is 254 g/mol. The lowest BCUT2D eigenvalue weighted by atomic mass is 10.2. The maximum atomic E-state index is 10.6. The van der Waals surface area contributed by atoms with Crippen LogP contribution in [0.3, 0.4) is 0 Å². The number of aldehydes is 1. The topological polar surface area (TPSA) is 47.6 Å². The molecule has 0 amide bonds. The second kappa shape index (κ2) is 7.11. The Bertz CT molecular complexity index is 576. The third-order valence-corrected chi connectivity index (χ3v) is 2.63. The average Bonchev–Trinajstić information content (AvgIpc) is 2.53. The molecular formula is C16H15NO3. The van der Waals surface area contributed by atoms with Gasteiger partial charge < -0.3 is 4.74 Å². The first-order chi connectivity index (χ1) is 9.83. The van der Waals surface area contributed by atoms with Crippen LogP contribution < -0.4 is 10.2 Å². The van der Waals surface area contributed by atoms with Crippen molar-refractivity contribution in [2.45, 2.75) is 0 Å². The molecule has 0 aromatic heterocycles. The summed E-state index contributed by atoms with van der Waals surface area (Å²) in [5.41, 5.74) is 5.03. The van der Waals surface area contributed by atoms with Crippen LogP contribution >= 0.6 is 0 Å². The number of hydrogen-bond acceptors (Lipinski definition) is 4. The van der Waals surface area contributed by atoms with E-state index < -0.39 is 0 Å². The van der Waals surface area contributed by atoms with Crippen molar-refractivity contribution in [3.63, 3.8) is 0 Å². The Morgan fingerprint density at radius 2 is 1.75 bits per heavy atom. The van der Waals surface area contributed by atoms with Crippen molar-refractivity contribution in [2.75, 3.05) is 7.11 Å². The van der Waals surface area contributed by atoms with Gasteiger partial charge in [-0.1, -0.05) is 30.3 Å². The number of carbonyl (C=O) groups is 1. The highest BCUT2D eigenvalue weighted by atomic mass is 16.6. The zero-order valence-corrected chi connectivity index (χ0v) is 11.1. The fourth-order valence-electron chi connectivity index (χ4n) is 1.63. The van der Waals surface area contributed by atoms with Gasteiger partial charge in [-0.2, -0.15) is 0 Å². The van der Waals surface area contributed by atoms with Crippen molar-refractivity contribution < 1.29 is 14.4 Å². The van der Waals surface area contributed by atoms with Gasteiger partial charge in [0.15, 0.2) is 0 Å². The quantitative estimate of drug-likeness (QED) is 0.497. The lowest BCUT2D eigenvalue weighted by molar-refractivity contribution is 0.112. The first kappa shape index (κ1) is 13.8. The molecule has 0 bridgehead atoms. The van der Waals surface area contributed by atoms with Crippen LogP contribution in [0, 0.1) is 0 Å². The summed E-state index contributed by atoms with van der Waals surface area (Å²) in [7, 11) is 1.54. The summed E-state index contributed by atoms with van der Waals surface area (Å²) in [6, 6.07) is 16.5. The molecule has 0 atom stereocenters. The molecule has 0 aliphatic heterocycles. The number of nitrogens with one attached hydrogen (secondary N) is 1. The van der Waals surface area contributed by atoms with Crippen LogP contribution in [0.5, 0.6) is 5.75 Å². The van der Waals surface area contributed by atoms with E-state index >= 15 is 0 Å². The molecule has 2 rings (SSSR count). The van der Waals surface area contributed by atoms with Gasteiger partial charge in [0, 0.05) is 11.1 Å². The molecule has 102 valence electrons. The van der Waals surface area contributed by atoms with Crippen LogP contribution in [-0.4, -0.2) is 13.4 Å². The van der Waals surface area contributed by atoms with Crippen molar-refractivity contribution in [3.8, 4) is 5.75 Å². The van der Waals surface area contributed by atoms with Crippen LogP contribution in [0.1, 0.15) is 15.9 Å². The van der Waals surface area contributed by atoms with E-state index in [0.29, 0.717) is 17.0 Å². The monoisotopic (exact) mass is 269 g/mol. The van der Waals surface area contributed by atoms with Crippen molar-refractivity contribution in [3.05, 3.63) is 72.0 Å². The Morgan fingerprint density at radius 3 is 2.35 bits per heavy atom. The molecule has 0 spiro atoms. The maximum Gasteiger partial charge on any atom is 0.150 e. The lowest BCUT2D eigenvalue weighted by Crippen LogP contribution is -2.11. The van der Waals surface area contributed by atoms with E-state index in [0.717, 1.165) is 11.8 Å². The fourth-order valence-corrected chi connectivity index (χ4v) is 1.63. The minimum Gasteiger partial charge on any atom is -0.463 e. The Hall–Kier alpha value is -2.59. The number of benzene rings is 2. The molecule has 0 unspecified atom stereocenters. The molecule has 2 aromatic carbocycles. The van der Waals surface area contributed by atoms with Gasteiger partial charge in [-0.05, 0) is 24.3 Å². The molecule has 4 nitrogen and oxygen atoms in total. The lowest BCUT2D eigenvalue weighted by Gasteiger charge is -2.09. The Kier molecular flexibility index (Phi) is 4.92. The first-order valence-electron chi connectivity index (χ1n) is 6.10. The number of hydrogen-bond donors (Lipinski definition) is 1. The van der Waals surface area contributed by atoms with Gasteiger partial charge in [-0.25, -0.2) is 0 Å². The summed E-state index contributed by atoms with van der Waals surface area (Å²) >= 11 is 0. The van der Waals surface area contributed by atoms with Crippen LogP contribution in [0.25, 0.3) is 5.70 Å². The fraction of sp³-hybridized carbons (Fsp3) is 0.0625. The summed E-state index contributed by atoms with van der Waals surface area (Å²) in [4.78, 5) is 15.5. The van der Waals surface area contributed by atoms with Crippen molar-refractivity contribution in [1.29, 1.82) is 0 Å². The van der Waals surface area contributed by atoms with Crippen molar-refractivity contribution in [2.24, 2.45) is 0 Å². The number of carbonyl (C=O) groups excluding carboxylic acids is 1. The molecule has 0 fully saturated rings. The highest BCUT2D eigenvalue weighted by molar-refractivity contribution is 5.74. The van der Waals surface area contributed by atoms with Crippen LogP contribution in [-0.2, 0) is 4.84 Å². The van der Waals surface area contributed by atoms with Gasteiger partial charge in [0.25, 0.3) is 0 Å². The second-order valence-corrected chi connectivity index (χ2v) is 4.01. The zero-order chi connectivity index (χ0) is 14.2. The molecule has 0 saturated carbocycles. The van der Waals surface area contributed by atoms with Crippen LogP contribution in [0.4, 0.5) is 0 Å². The Labute approximate surface area is 117 Å². The summed E-state index contributed by atoms with van der Waals surface area (Å²) in [6.07, 6.45) is 2.36. The third-order valence-electron chi connectivity index (χ3n) is 2.63. The van der Waals surface area contributed by atoms with Crippen LogP contribution in [0.15, 0.2) is 60.9 Å². The van der Waals surface area contributed by atoms with E-state index in [2.05, 4.69) is 5.48 Å². The largest absolute Gasteiger partial charge is 0.463 e. The van der Waals surface area contributed by atoms with E-state index in [1.165, 1.54) is 7.11 Å². The molecule has 0 radical (unpaired) electrons. The first-order valence-corrected chi connectivity index (χ1v) is 6.10. The van der Waals surface area contributed by atoms with Gasteiger partial charge in [0.1, 0.15) is 24.0 Å². The van der Waals surface area contributed by atoms with Gasteiger partial charge in [-0.15, -0.1) is 0 Å². The molecule has 2 aromatic rings. The highest BCUT2D eigenvalue weighted by Crippen LogP contribution is 2.15. The number of hydroxylamine groups is 1. The van der Waals surface area contributed by atoms with Crippen molar-refractivity contribution >= 4 is 12.0 Å². The SMILES string of the molecule is CONC(=COc1ccc(C=O)cc1)c1ccccc1. The second-order valence-electron chi connectivity index (χ2n) is 4.01. The smallest absolute Gasteiger partial charge is 0.150 e. The van der Waals surface area contributed by atoms with Gasteiger partial charge in [-0.3, -0.25) is 15.1 Å². The van der Waals surface area contributed by atoms with Gasteiger partial charge in [0.2, 0.25) is 0 Å². The van der Waals surface area contributed by atoms with Gasteiger partial charge >= 0.3 is 0 Å². The summed E-state index contributed by atoms with van der Waals surface area (Å²) in [6.45, 7) is 0. The Balaban J connectivity index is 2.14. The van der Waals surface area contributed by atoms with Crippen molar-refractivity contribution in [1.82, 2.24) is 5.48 Å². The minimum absolute atomic E-state index is 0.611. The Morgan fingerprint density at radius 1 is 1.05 bits per heavy atom. The third kappa shape index (κ3) is 3.70. The van der Waals surface area contributed by atoms with E-state index in [1.807, 2.05) is 30.3 Å². The van der Waals surface area contributed by atoms with Gasteiger partial charge in [0.05, 0.1) is 7.11 Å². The summed E-state index contributed by atoms with van der Waals surface area (Å²) in [5.74, 6) is 0.641. The molecule has 0 aliphatic rings. The predicted molar refractivity (Wildman–Crippen MR) is 77.0 cm³/mol. The van der Waals surface area contributed by atoms with Crippen LogP contribution in [0.2, 0.25) is 0 Å². The number of rotatable bonds is 6. The zero-order valence-electron chi connectivity index (χ0n) is 11.1. The predicted octanol–water partition coefficient (Wildman–Crippen LogP) is 3.03. The standard InChI is InChI=1S/C16H15NO3/c1-19-17-16(14-5-3-2-4-6-14)12-20-15-9-7-13(11-18)8-10-15/h2-12,17H,1H3. The average molecular weight is 269 g/mol. The maximum absolute atomic E-state index is 10.6. The number of ether oxygens (including phenoxy) is 1. The van der Waals surface area contributed by atoms with E-state index in [1.54, 1.807) is 30.5 Å². The molecule has 0 saturated heterocycles. The van der Waals surface area contributed by atoms with E-state index in [9.17, 15) is 4.79 Å². The molecule has 0 heterocycles. The minimum atomic E-state index is 0.611. The van der Waals surface area contributed by atoms with E-state index in [-0.39, 0.29) is 0 Å².